The van der Waals surface area contributed by atoms with Gasteiger partial charge >= 0.3 is 5.97 Å². The number of hydrogen-bond donors (Lipinski definition) is 2. The molecule has 0 bridgehead atoms. The molecule has 0 spiro atoms. The second-order valence-electron chi connectivity index (χ2n) is 4.82. The lowest BCUT2D eigenvalue weighted by atomic mass is 10.1. The summed E-state index contributed by atoms with van der Waals surface area (Å²) in [6.45, 7) is 0.390. The van der Waals surface area contributed by atoms with Gasteiger partial charge in [0.1, 0.15) is 0 Å². The zero-order valence-corrected chi connectivity index (χ0v) is 12.0. The molecule has 0 aliphatic carbocycles. The number of halogens is 2. The molecule has 1 atom stereocenters. The molecule has 1 heterocycles. The van der Waals surface area contributed by atoms with E-state index in [0.717, 1.165) is 25.0 Å². The van der Waals surface area contributed by atoms with E-state index < -0.39 is 29.1 Å². The van der Waals surface area contributed by atoms with Gasteiger partial charge in [-0.15, -0.1) is 0 Å². The predicted octanol–water partition coefficient (Wildman–Crippen LogP) is 2.68. The van der Waals surface area contributed by atoms with Crippen LogP contribution in [0.5, 0.6) is 0 Å². The second-order valence-corrected chi connectivity index (χ2v) is 6.22. The van der Waals surface area contributed by atoms with E-state index in [1.807, 2.05) is 0 Å². The highest BCUT2D eigenvalue weighted by atomic mass is 32.2. The molecule has 1 aliphatic heterocycles. The molecule has 0 radical (unpaired) electrons. The number of carboxylic acid groups (broad SMARTS) is 1. The van der Waals surface area contributed by atoms with Gasteiger partial charge in [0.25, 0.3) is 5.91 Å². The number of rotatable bonds is 4. The minimum Gasteiger partial charge on any atom is -0.478 e. The van der Waals surface area contributed by atoms with E-state index in [9.17, 15) is 18.4 Å². The van der Waals surface area contributed by atoms with Gasteiger partial charge in [-0.1, -0.05) is 6.42 Å². The summed E-state index contributed by atoms with van der Waals surface area (Å²) in [5.74, 6) is -3.65. The number of thioether (sulfide) groups is 1. The molecule has 0 aromatic heterocycles. The molecule has 1 saturated heterocycles. The van der Waals surface area contributed by atoms with Gasteiger partial charge in [-0.3, -0.25) is 4.79 Å². The van der Waals surface area contributed by atoms with Crippen LogP contribution in [-0.2, 0) is 0 Å². The first-order valence-corrected chi connectivity index (χ1v) is 7.66. The minimum absolute atomic E-state index is 0.279. The van der Waals surface area contributed by atoms with E-state index in [1.165, 1.54) is 0 Å². The van der Waals surface area contributed by atoms with E-state index in [-0.39, 0.29) is 10.8 Å². The SMILES string of the molecule is O=C(O)c1cc(F)c(F)cc1C(=O)NCC1CCCCS1. The summed E-state index contributed by atoms with van der Waals surface area (Å²) in [6, 6.07) is 1.16. The number of carboxylic acids is 1. The molecule has 1 aromatic carbocycles. The Kier molecular flexibility index (Phi) is 5.17. The third-order valence-corrected chi connectivity index (χ3v) is 4.70. The summed E-state index contributed by atoms with van der Waals surface area (Å²) < 4.78 is 26.3. The van der Waals surface area contributed by atoms with E-state index in [0.29, 0.717) is 18.7 Å². The van der Waals surface area contributed by atoms with Crippen molar-refractivity contribution in [2.45, 2.75) is 24.5 Å². The van der Waals surface area contributed by atoms with Crippen molar-refractivity contribution in [2.24, 2.45) is 0 Å². The first-order valence-electron chi connectivity index (χ1n) is 6.61. The molecule has 2 N–H and O–H groups in total. The van der Waals surface area contributed by atoms with E-state index in [1.54, 1.807) is 11.8 Å². The Morgan fingerprint density at radius 2 is 1.90 bits per heavy atom. The fourth-order valence-electron chi connectivity index (χ4n) is 2.18. The standard InChI is InChI=1S/C14H15F2NO3S/c15-11-5-9(10(14(19)20)6-12(11)16)13(18)17-7-8-3-1-2-4-21-8/h5-6,8H,1-4,7H2,(H,17,18)(H,19,20). The predicted molar refractivity (Wildman–Crippen MR) is 75.7 cm³/mol. The Balaban J connectivity index is 2.10. The maximum atomic E-state index is 13.2. The van der Waals surface area contributed by atoms with Crippen LogP contribution in [0.25, 0.3) is 0 Å². The number of nitrogens with one attached hydrogen (secondary N) is 1. The quantitative estimate of drug-likeness (QED) is 0.896. The van der Waals surface area contributed by atoms with Gasteiger partial charge in [0.05, 0.1) is 11.1 Å². The lowest BCUT2D eigenvalue weighted by molar-refractivity contribution is 0.0690. The smallest absolute Gasteiger partial charge is 0.336 e. The van der Waals surface area contributed by atoms with Gasteiger partial charge in [-0.25, -0.2) is 13.6 Å². The fourth-order valence-corrected chi connectivity index (χ4v) is 3.42. The topological polar surface area (TPSA) is 66.4 Å². The van der Waals surface area contributed by atoms with E-state index in [2.05, 4.69) is 5.32 Å². The van der Waals surface area contributed by atoms with E-state index >= 15 is 0 Å². The maximum Gasteiger partial charge on any atom is 0.336 e. The lowest BCUT2D eigenvalue weighted by Crippen LogP contribution is -2.33. The molecule has 1 aromatic rings. The number of carbonyl (C=O) groups excluding carboxylic acids is 1. The van der Waals surface area contributed by atoms with Gasteiger partial charge in [0, 0.05) is 11.8 Å². The highest BCUT2D eigenvalue weighted by Gasteiger charge is 2.21. The molecule has 1 fully saturated rings. The zero-order valence-electron chi connectivity index (χ0n) is 11.2. The van der Waals surface area contributed by atoms with Crippen molar-refractivity contribution in [1.29, 1.82) is 0 Å². The summed E-state index contributed by atoms with van der Waals surface area (Å²) in [6.07, 6.45) is 3.23. The molecule has 2 rings (SSSR count). The van der Waals surface area contributed by atoms with Crippen LogP contribution in [0.1, 0.15) is 40.0 Å². The Morgan fingerprint density at radius 3 is 2.48 bits per heavy atom. The Morgan fingerprint density at radius 1 is 1.24 bits per heavy atom. The molecule has 1 aliphatic rings. The molecule has 7 heteroatoms. The van der Waals surface area contributed by atoms with Crippen LogP contribution < -0.4 is 5.32 Å². The van der Waals surface area contributed by atoms with Crippen LogP contribution >= 0.6 is 11.8 Å². The normalized spacial score (nSPS) is 18.3. The zero-order chi connectivity index (χ0) is 15.4. The van der Waals surface area contributed by atoms with Crippen molar-refractivity contribution < 1.29 is 23.5 Å². The Bertz CT molecular complexity index is 559. The molecule has 114 valence electrons. The highest BCUT2D eigenvalue weighted by Crippen LogP contribution is 2.24. The monoisotopic (exact) mass is 315 g/mol. The average molecular weight is 315 g/mol. The largest absolute Gasteiger partial charge is 0.478 e. The number of carbonyl (C=O) groups is 2. The molecular formula is C14H15F2NO3S. The Hall–Kier alpha value is -1.63. The van der Waals surface area contributed by atoms with Gasteiger partial charge in [0.15, 0.2) is 11.6 Å². The molecule has 4 nitrogen and oxygen atoms in total. The summed E-state index contributed by atoms with van der Waals surface area (Å²) >= 11 is 1.75. The van der Waals surface area contributed by atoms with Crippen LogP contribution in [0.2, 0.25) is 0 Å². The highest BCUT2D eigenvalue weighted by molar-refractivity contribution is 7.99. The average Bonchev–Trinajstić information content (AvgIpc) is 2.48. The Labute approximate surface area is 124 Å². The third kappa shape index (κ3) is 3.93. The van der Waals surface area contributed by atoms with Crippen LogP contribution in [0.3, 0.4) is 0 Å². The second kappa shape index (κ2) is 6.89. The molecular weight excluding hydrogens is 300 g/mol. The number of benzene rings is 1. The van der Waals surface area contributed by atoms with Gasteiger partial charge in [0.2, 0.25) is 0 Å². The summed E-state index contributed by atoms with van der Waals surface area (Å²) in [4.78, 5) is 23.0. The van der Waals surface area contributed by atoms with Crippen LogP contribution in [0.4, 0.5) is 8.78 Å². The lowest BCUT2D eigenvalue weighted by Gasteiger charge is -2.21. The van der Waals surface area contributed by atoms with E-state index in [4.69, 9.17) is 5.11 Å². The first kappa shape index (κ1) is 15.8. The summed E-state index contributed by atoms with van der Waals surface area (Å²) in [5.41, 5.74) is -0.898. The van der Waals surface area contributed by atoms with Crippen molar-refractivity contribution in [2.75, 3.05) is 12.3 Å². The third-order valence-electron chi connectivity index (χ3n) is 3.30. The number of amides is 1. The molecule has 1 unspecified atom stereocenters. The van der Waals surface area contributed by atoms with Crippen LogP contribution in [0.15, 0.2) is 12.1 Å². The summed E-state index contributed by atoms with van der Waals surface area (Å²) in [7, 11) is 0. The molecule has 21 heavy (non-hydrogen) atoms. The first-order chi connectivity index (χ1) is 9.99. The van der Waals surface area contributed by atoms with Gasteiger partial charge in [-0.2, -0.15) is 11.8 Å². The molecule has 1 amide bonds. The number of hydrogen-bond acceptors (Lipinski definition) is 3. The fraction of sp³-hybridized carbons (Fsp3) is 0.429. The molecule has 0 saturated carbocycles. The van der Waals surface area contributed by atoms with Crippen LogP contribution in [-0.4, -0.2) is 34.5 Å². The van der Waals surface area contributed by atoms with Crippen molar-refractivity contribution in [3.63, 3.8) is 0 Å². The summed E-state index contributed by atoms with van der Waals surface area (Å²) in [5, 5.41) is 11.9. The van der Waals surface area contributed by atoms with Gasteiger partial charge < -0.3 is 10.4 Å². The van der Waals surface area contributed by atoms with Crippen molar-refractivity contribution >= 4 is 23.6 Å². The van der Waals surface area contributed by atoms with Crippen molar-refractivity contribution in [1.82, 2.24) is 5.32 Å². The number of aromatic carboxylic acids is 1. The maximum absolute atomic E-state index is 13.2. The van der Waals surface area contributed by atoms with Crippen LogP contribution in [0, 0.1) is 11.6 Å². The van der Waals surface area contributed by atoms with Crippen molar-refractivity contribution in [3.8, 4) is 0 Å². The minimum atomic E-state index is -1.47. The van der Waals surface area contributed by atoms with Crippen molar-refractivity contribution in [3.05, 3.63) is 34.9 Å². The van der Waals surface area contributed by atoms with Gasteiger partial charge in [-0.05, 0) is 30.7 Å².